The van der Waals surface area contributed by atoms with Gasteiger partial charge in [-0.05, 0) is 48.1 Å². The Balaban J connectivity index is 1.37. The fourth-order valence-electron chi connectivity index (χ4n) is 9.33. The van der Waals surface area contributed by atoms with Gasteiger partial charge in [0.1, 0.15) is 17.2 Å². The number of fused-ring (bicyclic) bond motifs is 4. The predicted octanol–water partition coefficient (Wildman–Crippen LogP) is 6.35. The zero-order valence-electron chi connectivity index (χ0n) is 28.8. The first-order valence-electron chi connectivity index (χ1n) is 17.3. The first-order valence-corrected chi connectivity index (χ1v) is 17.3. The van der Waals surface area contributed by atoms with Crippen LogP contribution in [-0.4, -0.2) is 47.6 Å². The maximum absolute atomic E-state index is 15.2. The Bertz CT molecular complexity index is 2260. The summed E-state index contributed by atoms with van der Waals surface area (Å²) in [5.74, 6) is -5.65. The Morgan fingerprint density at radius 2 is 1.53 bits per heavy atom. The number of nitro groups is 1. The number of amides is 2. The topological polar surface area (TPSA) is 153 Å². The standard InChI is InChI=1S/C42H34N2O9/c1-52-27-19-33(45)37(34(20-27)53-2)38-28-17-18-29-36(41(49)43(40(29)48)25-13-15-26(16-14-25)44(50)51)31(28)21-32-39(47)30(23-9-5-3-6-10-23)22-35(46)42(32,38)24-11-7-4-8-12-24/h3-17,19-20,22,29,31-32,36,38,45H,18,21H2,1-2H3. The van der Waals surface area contributed by atoms with Crippen LogP contribution in [0.4, 0.5) is 11.4 Å². The van der Waals surface area contributed by atoms with Gasteiger partial charge in [0, 0.05) is 47.2 Å². The second-order valence-electron chi connectivity index (χ2n) is 13.8. The lowest BCUT2D eigenvalue weighted by Gasteiger charge is -2.55. The van der Waals surface area contributed by atoms with Crippen molar-refractivity contribution in [3.8, 4) is 17.2 Å². The van der Waals surface area contributed by atoms with E-state index in [0.29, 0.717) is 22.4 Å². The average molecular weight is 711 g/mol. The fraction of sp³-hybridized carbons (Fsp3) is 0.238. The van der Waals surface area contributed by atoms with Gasteiger partial charge in [0.05, 0.1) is 42.1 Å². The number of benzene rings is 4. The predicted molar refractivity (Wildman–Crippen MR) is 193 cm³/mol. The Morgan fingerprint density at radius 1 is 0.849 bits per heavy atom. The van der Waals surface area contributed by atoms with E-state index in [4.69, 9.17) is 9.47 Å². The van der Waals surface area contributed by atoms with Crippen LogP contribution in [0.3, 0.4) is 0 Å². The van der Waals surface area contributed by atoms with E-state index in [-0.39, 0.29) is 58.4 Å². The van der Waals surface area contributed by atoms with Gasteiger partial charge < -0.3 is 14.6 Å². The van der Waals surface area contributed by atoms with Crippen LogP contribution in [0.25, 0.3) is 5.57 Å². The molecule has 1 aliphatic heterocycles. The first-order chi connectivity index (χ1) is 25.6. The molecule has 4 aromatic carbocycles. The number of allylic oxidation sites excluding steroid dienone is 4. The Morgan fingerprint density at radius 3 is 2.17 bits per heavy atom. The van der Waals surface area contributed by atoms with E-state index in [1.165, 1.54) is 50.6 Å². The summed E-state index contributed by atoms with van der Waals surface area (Å²) in [4.78, 5) is 70.9. The zero-order chi connectivity index (χ0) is 37.2. The molecule has 1 heterocycles. The van der Waals surface area contributed by atoms with E-state index in [1.807, 2.05) is 30.3 Å². The zero-order valence-corrected chi connectivity index (χ0v) is 28.8. The van der Waals surface area contributed by atoms with Gasteiger partial charge in [-0.25, -0.2) is 0 Å². The summed E-state index contributed by atoms with van der Waals surface area (Å²) in [6, 6.07) is 26.3. The number of aromatic hydroxyl groups is 1. The second kappa shape index (κ2) is 12.7. The highest BCUT2D eigenvalue weighted by molar-refractivity contribution is 6.32. The highest BCUT2D eigenvalue weighted by atomic mass is 16.6. The molecule has 8 rings (SSSR count). The van der Waals surface area contributed by atoms with Crippen LogP contribution in [0.5, 0.6) is 17.2 Å². The number of Topliss-reactive ketones (excluding diaryl/α,β-unsaturated/α-hetero) is 1. The summed E-state index contributed by atoms with van der Waals surface area (Å²) in [6.45, 7) is 0. The summed E-state index contributed by atoms with van der Waals surface area (Å²) in [7, 11) is 2.90. The first kappa shape index (κ1) is 33.8. The third-order valence-corrected chi connectivity index (χ3v) is 11.5. The molecule has 1 saturated carbocycles. The highest BCUT2D eigenvalue weighted by Gasteiger charge is 2.66. The highest BCUT2D eigenvalue weighted by Crippen LogP contribution is 2.65. The Kier molecular flexibility index (Phi) is 8.09. The SMILES string of the molecule is COc1cc(O)c(C2C3=CCC4C(=O)N(c5ccc([N+](=O)[O-])cc5)C(=O)C4C3CC3C(=O)C(c4ccccc4)=CC(=O)C32c2ccccc2)c(OC)c1. The van der Waals surface area contributed by atoms with Crippen molar-refractivity contribution in [2.45, 2.75) is 24.2 Å². The maximum atomic E-state index is 15.2. The number of ether oxygens (including phenoxy) is 2. The minimum atomic E-state index is -1.57. The molecule has 2 fully saturated rings. The van der Waals surface area contributed by atoms with Crippen LogP contribution in [0.15, 0.2) is 115 Å². The maximum Gasteiger partial charge on any atom is 0.269 e. The number of non-ortho nitro benzene ring substituents is 1. The molecule has 0 spiro atoms. The summed E-state index contributed by atoms with van der Waals surface area (Å²) in [5, 5.41) is 23.2. The number of phenols is 1. The molecule has 53 heavy (non-hydrogen) atoms. The van der Waals surface area contributed by atoms with E-state index in [2.05, 4.69) is 0 Å². The van der Waals surface area contributed by atoms with Crippen LogP contribution in [0.1, 0.15) is 35.4 Å². The number of imide groups is 1. The number of rotatable bonds is 7. The van der Waals surface area contributed by atoms with Crippen LogP contribution >= 0.6 is 0 Å². The number of methoxy groups -OCH3 is 2. The van der Waals surface area contributed by atoms with Gasteiger partial charge in [0.15, 0.2) is 11.6 Å². The number of phenolic OH excluding ortho intramolecular Hbond substituents is 1. The molecule has 11 nitrogen and oxygen atoms in total. The van der Waals surface area contributed by atoms with Crippen LogP contribution in [0, 0.1) is 33.8 Å². The second-order valence-corrected chi connectivity index (χ2v) is 13.8. The van der Waals surface area contributed by atoms with Gasteiger partial charge in [-0.1, -0.05) is 72.3 Å². The molecule has 6 atom stereocenters. The number of hydrogen-bond acceptors (Lipinski definition) is 9. The van der Waals surface area contributed by atoms with E-state index in [9.17, 15) is 24.8 Å². The quantitative estimate of drug-likeness (QED) is 0.100. The van der Waals surface area contributed by atoms with Gasteiger partial charge in [-0.2, -0.15) is 0 Å². The Labute approximate surface area is 304 Å². The van der Waals surface area contributed by atoms with Crippen molar-refractivity contribution in [3.05, 3.63) is 142 Å². The monoisotopic (exact) mass is 710 g/mol. The molecule has 2 amide bonds. The summed E-state index contributed by atoms with van der Waals surface area (Å²) in [6.07, 6.45) is 3.52. The lowest BCUT2D eigenvalue weighted by atomic mass is 9.44. The largest absolute Gasteiger partial charge is 0.507 e. The van der Waals surface area contributed by atoms with Gasteiger partial charge in [-0.3, -0.25) is 34.2 Å². The van der Waals surface area contributed by atoms with E-state index < -0.39 is 51.7 Å². The van der Waals surface area contributed by atoms with Crippen molar-refractivity contribution in [2.75, 3.05) is 19.1 Å². The molecule has 11 heteroatoms. The molecule has 0 bridgehead atoms. The number of nitro benzene ring substituents is 1. The minimum absolute atomic E-state index is 0.0689. The molecule has 1 saturated heterocycles. The third-order valence-electron chi connectivity index (χ3n) is 11.5. The lowest BCUT2D eigenvalue weighted by molar-refractivity contribution is -0.384. The minimum Gasteiger partial charge on any atom is -0.507 e. The van der Waals surface area contributed by atoms with Crippen molar-refractivity contribution in [2.24, 2.45) is 23.7 Å². The van der Waals surface area contributed by atoms with Crippen molar-refractivity contribution in [1.29, 1.82) is 0 Å². The number of carbonyl (C=O) groups excluding carboxylic acids is 4. The fourth-order valence-corrected chi connectivity index (χ4v) is 9.33. The third kappa shape index (κ3) is 4.94. The number of ketones is 2. The smallest absolute Gasteiger partial charge is 0.269 e. The summed E-state index contributed by atoms with van der Waals surface area (Å²) < 4.78 is 11.3. The molecule has 266 valence electrons. The number of nitrogens with zero attached hydrogens (tertiary/aromatic N) is 2. The summed E-state index contributed by atoms with van der Waals surface area (Å²) in [5.41, 5.74) is 0.753. The van der Waals surface area contributed by atoms with Crippen molar-refractivity contribution in [3.63, 3.8) is 0 Å². The van der Waals surface area contributed by atoms with E-state index in [1.54, 1.807) is 42.5 Å². The normalized spacial score (nSPS) is 26.2. The number of hydrogen-bond donors (Lipinski definition) is 1. The van der Waals surface area contributed by atoms with E-state index in [0.717, 1.165) is 4.90 Å². The van der Waals surface area contributed by atoms with Gasteiger partial charge in [0.2, 0.25) is 11.8 Å². The van der Waals surface area contributed by atoms with Crippen LogP contribution < -0.4 is 14.4 Å². The number of anilines is 1. The number of carbonyl (C=O) groups is 4. The summed E-state index contributed by atoms with van der Waals surface area (Å²) >= 11 is 0. The van der Waals surface area contributed by atoms with Gasteiger partial charge in [0.25, 0.3) is 5.69 Å². The molecule has 4 aliphatic rings. The Hall–Kier alpha value is -6.36. The van der Waals surface area contributed by atoms with Crippen LogP contribution in [0.2, 0.25) is 0 Å². The molecule has 0 radical (unpaired) electrons. The van der Waals surface area contributed by atoms with Crippen molar-refractivity contribution in [1.82, 2.24) is 0 Å². The molecule has 0 aromatic heterocycles. The van der Waals surface area contributed by atoms with Gasteiger partial charge in [-0.15, -0.1) is 0 Å². The average Bonchev–Trinajstić information content (AvgIpc) is 3.44. The van der Waals surface area contributed by atoms with E-state index >= 15 is 9.59 Å². The van der Waals surface area contributed by atoms with Gasteiger partial charge >= 0.3 is 0 Å². The molecular formula is C42H34N2O9. The molecule has 6 unspecified atom stereocenters. The molecule has 1 N–H and O–H groups in total. The lowest BCUT2D eigenvalue weighted by Crippen LogP contribution is -2.58. The molecule has 4 aromatic rings. The van der Waals surface area contributed by atoms with Crippen LogP contribution in [-0.2, 0) is 24.6 Å². The van der Waals surface area contributed by atoms with Crippen molar-refractivity contribution < 1.29 is 38.7 Å². The van der Waals surface area contributed by atoms with Crippen molar-refractivity contribution >= 4 is 40.3 Å². The molecular weight excluding hydrogens is 676 g/mol. The molecule has 3 aliphatic carbocycles.